The number of benzene rings is 1. The van der Waals surface area contributed by atoms with Gasteiger partial charge in [0.05, 0.1) is 0 Å². The van der Waals surface area contributed by atoms with Crippen LogP contribution < -0.4 is 5.32 Å². The third-order valence-electron chi connectivity index (χ3n) is 5.19. The number of hydrogen-bond donors (Lipinski definition) is 1. The van der Waals surface area contributed by atoms with Crippen molar-refractivity contribution in [3.63, 3.8) is 0 Å². The predicted molar refractivity (Wildman–Crippen MR) is 93.0 cm³/mol. The number of rotatable bonds is 7. The molecule has 21 heavy (non-hydrogen) atoms. The number of hydrogen-bond acceptors (Lipinski definition) is 1. The fraction of sp³-hybridized carbons (Fsp3) is 0.700. The lowest BCUT2D eigenvalue weighted by Crippen LogP contribution is -2.29. The summed E-state index contributed by atoms with van der Waals surface area (Å²) in [7, 11) is 0. The van der Waals surface area contributed by atoms with Gasteiger partial charge in [-0.1, -0.05) is 52.7 Å². The average Bonchev–Trinajstić information content (AvgIpc) is 3.05. The summed E-state index contributed by atoms with van der Waals surface area (Å²) in [4.78, 5) is 0. The molecule has 0 aromatic heterocycles. The summed E-state index contributed by atoms with van der Waals surface area (Å²) >= 11 is 0. The Hall–Kier alpha value is -0.820. The maximum absolute atomic E-state index is 3.83. The normalized spacial score (nSPS) is 17.3. The molecule has 1 unspecified atom stereocenters. The van der Waals surface area contributed by atoms with Gasteiger partial charge in [0.2, 0.25) is 0 Å². The highest BCUT2D eigenvalue weighted by atomic mass is 14.9. The molecule has 0 aliphatic heterocycles. The third kappa shape index (κ3) is 3.69. The quantitative estimate of drug-likeness (QED) is 0.725. The van der Waals surface area contributed by atoms with E-state index in [4.69, 9.17) is 0 Å². The van der Waals surface area contributed by atoms with E-state index in [2.05, 4.69) is 45.1 Å². The van der Waals surface area contributed by atoms with Crippen LogP contribution >= 0.6 is 0 Å². The first-order valence-electron chi connectivity index (χ1n) is 9.12. The Morgan fingerprint density at radius 3 is 1.95 bits per heavy atom. The maximum Gasteiger partial charge on any atom is 0.0354 e. The molecular formula is C20H33N. The van der Waals surface area contributed by atoms with Crippen molar-refractivity contribution in [1.29, 1.82) is 0 Å². The molecule has 1 aromatic carbocycles. The van der Waals surface area contributed by atoms with E-state index in [-0.39, 0.29) is 0 Å². The van der Waals surface area contributed by atoms with Gasteiger partial charge in [0.15, 0.2) is 0 Å². The first kappa shape index (κ1) is 16.5. The zero-order valence-corrected chi connectivity index (χ0v) is 14.5. The molecule has 1 fully saturated rings. The van der Waals surface area contributed by atoms with Gasteiger partial charge >= 0.3 is 0 Å². The Bertz CT molecular complexity index is 418. The van der Waals surface area contributed by atoms with Crippen LogP contribution in [-0.4, -0.2) is 6.54 Å². The molecule has 0 amide bonds. The fourth-order valence-corrected chi connectivity index (χ4v) is 4.05. The van der Waals surface area contributed by atoms with Gasteiger partial charge in [0.25, 0.3) is 0 Å². The summed E-state index contributed by atoms with van der Waals surface area (Å²) in [6, 6.07) is 5.51. The summed E-state index contributed by atoms with van der Waals surface area (Å²) < 4.78 is 0. The molecule has 1 aromatic rings. The zero-order valence-electron chi connectivity index (χ0n) is 14.5. The minimum Gasteiger partial charge on any atom is -0.310 e. The monoisotopic (exact) mass is 287 g/mol. The van der Waals surface area contributed by atoms with Crippen LogP contribution in [0, 0.1) is 5.92 Å². The largest absolute Gasteiger partial charge is 0.310 e. The van der Waals surface area contributed by atoms with E-state index in [0.717, 1.165) is 31.7 Å². The van der Waals surface area contributed by atoms with E-state index in [9.17, 15) is 0 Å². The van der Waals surface area contributed by atoms with Crippen molar-refractivity contribution in [2.24, 2.45) is 5.92 Å². The van der Waals surface area contributed by atoms with Crippen molar-refractivity contribution in [2.45, 2.75) is 78.7 Å². The lowest BCUT2D eigenvalue weighted by Gasteiger charge is -2.29. The van der Waals surface area contributed by atoms with Crippen molar-refractivity contribution in [2.75, 3.05) is 6.54 Å². The van der Waals surface area contributed by atoms with Gasteiger partial charge in [-0.3, -0.25) is 0 Å². The topological polar surface area (TPSA) is 12.0 Å². The van der Waals surface area contributed by atoms with E-state index < -0.39 is 0 Å². The minimum atomic E-state index is 0.577. The summed E-state index contributed by atoms with van der Waals surface area (Å²) in [5.41, 5.74) is 6.33. The molecule has 2 rings (SSSR count). The highest BCUT2D eigenvalue weighted by Crippen LogP contribution is 2.39. The van der Waals surface area contributed by atoms with Crippen molar-refractivity contribution in [1.82, 2.24) is 5.32 Å². The Morgan fingerprint density at radius 2 is 1.52 bits per heavy atom. The molecule has 1 saturated carbocycles. The van der Waals surface area contributed by atoms with Gasteiger partial charge in [-0.05, 0) is 66.8 Å². The van der Waals surface area contributed by atoms with Crippen LogP contribution in [0.1, 0.15) is 81.7 Å². The molecule has 1 heteroatoms. The molecule has 0 bridgehead atoms. The predicted octanol–water partition coefficient (Wildman–Crippen LogP) is 5.21. The SMILES string of the molecule is CCNC(c1c(CC)cc(CC)cc1CC)C1CCCC1. The van der Waals surface area contributed by atoms with Gasteiger partial charge in [-0.25, -0.2) is 0 Å². The van der Waals surface area contributed by atoms with Crippen LogP contribution in [0.2, 0.25) is 0 Å². The van der Waals surface area contributed by atoms with Crippen LogP contribution in [0.15, 0.2) is 12.1 Å². The van der Waals surface area contributed by atoms with Crippen LogP contribution in [0.5, 0.6) is 0 Å². The van der Waals surface area contributed by atoms with E-state index >= 15 is 0 Å². The highest BCUT2D eigenvalue weighted by Gasteiger charge is 2.28. The smallest absolute Gasteiger partial charge is 0.0354 e. The summed E-state index contributed by atoms with van der Waals surface area (Å²) in [6.45, 7) is 10.2. The molecule has 0 radical (unpaired) electrons. The van der Waals surface area contributed by atoms with Gasteiger partial charge in [-0.15, -0.1) is 0 Å². The Balaban J connectivity index is 2.46. The van der Waals surface area contributed by atoms with Crippen molar-refractivity contribution in [3.8, 4) is 0 Å². The molecule has 0 heterocycles. The lowest BCUT2D eigenvalue weighted by molar-refractivity contribution is 0.371. The van der Waals surface area contributed by atoms with Crippen LogP contribution in [0.25, 0.3) is 0 Å². The molecule has 1 aliphatic rings. The maximum atomic E-state index is 3.83. The first-order chi connectivity index (χ1) is 10.2. The third-order valence-corrected chi connectivity index (χ3v) is 5.19. The van der Waals surface area contributed by atoms with Gasteiger partial charge in [0.1, 0.15) is 0 Å². The van der Waals surface area contributed by atoms with Gasteiger partial charge in [0, 0.05) is 6.04 Å². The average molecular weight is 287 g/mol. The molecule has 1 aliphatic carbocycles. The second-order valence-corrected chi connectivity index (χ2v) is 6.47. The standard InChI is InChI=1S/C20H33N/c1-5-15-13-16(6-2)19(17(7-3)14-15)20(21-8-4)18-11-9-10-12-18/h13-14,18,20-21H,5-12H2,1-4H3. The van der Waals surface area contributed by atoms with E-state index in [0.29, 0.717) is 6.04 Å². The number of nitrogens with one attached hydrogen (secondary N) is 1. The van der Waals surface area contributed by atoms with Crippen molar-refractivity contribution >= 4 is 0 Å². The van der Waals surface area contributed by atoms with Gasteiger partial charge < -0.3 is 5.32 Å². The summed E-state index contributed by atoms with van der Waals surface area (Å²) in [6.07, 6.45) is 9.11. The molecule has 0 saturated heterocycles. The Labute approximate surface area is 131 Å². The minimum absolute atomic E-state index is 0.577. The van der Waals surface area contributed by atoms with E-state index in [1.165, 1.54) is 31.2 Å². The summed E-state index contributed by atoms with van der Waals surface area (Å²) in [5.74, 6) is 0.841. The molecule has 1 atom stereocenters. The van der Waals surface area contributed by atoms with Gasteiger partial charge in [-0.2, -0.15) is 0 Å². The molecule has 1 nitrogen and oxygen atoms in total. The van der Waals surface area contributed by atoms with Crippen LogP contribution in [-0.2, 0) is 19.3 Å². The molecular weight excluding hydrogens is 254 g/mol. The second-order valence-electron chi connectivity index (χ2n) is 6.47. The van der Waals surface area contributed by atoms with Crippen LogP contribution in [0.3, 0.4) is 0 Å². The lowest BCUT2D eigenvalue weighted by atomic mass is 9.83. The Morgan fingerprint density at radius 1 is 0.952 bits per heavy atom. The number of aryl methyl sites for hydroxylation is 3. The van der Waals surface area contributed by atoms with E-state index in [1.807, 2.05) is 0 Å². The zero-order chi connectivity index (χ0) is 15.2. The van der Waals surface area contributed by atoms with Crippen molar-refractivity contribution < 1.29 is 0 Å². The van der Waals surface area contributed by atoms with Crippen LogP contribution in [0.4, 0.5) is 0 Å². The molecule has 1 N–H and O–H groups in total. The Kier molecular flexibility index (Phi) is 6.29. The summed E-state index contributed by atoms with van der Waals surface area (Å²) in [5, 5.41) is 3.83. The fourth-order valence-electron chi connectivity index (χ4n) is 4.05. The second kappa shape index (κ2) is 7.98. The van der Waals surface area contributed by atoms with Crippen molar-refractivity contribution in [3.05, 3.63) is 34.4 Å². The first-order valence-corrected chi connectivity index (χ1v) is 9.12. The highest BCUT2D eigenvalue weighted by molar-refractivity contribution is 5.42. The molecule has 118 valence electrons. The molecule has 0 spiro atoms. The van der Waals surface area contributed by atoms with E-state index in [1.54, 1.807) is 16.7 Å².